The predicted molar refractivity (Wildman–Crippen MR) is 31.6 cm³/mol. The van der Waals surface area contributed by atoms with Gasteiger partial charge in [-0.3, -0.25) is 9.59 Å². The van der Waals surface area contributed by atoms with Gasteiger partial charge >= 0.3 is 0 Å². The van der Waals surface area contributed by atoms with Crippen molar-refractivity contribution in [3.63, 3.8) is 0 Å². The number of hydrogen-bond donors (Lipinski definition) is 1. The molecule has 0 fully saturated rings. The van der Waals surface area contributed by atoms with Crippen molar-refractivity contribution in [1.82, 2.24) is 0 Å². The minimum absolute atomic E-state index is 0.246. The quantitative estimate of drug-likeness (QED) is 0.536. The predicted octanol–water partition coefficient (Wildman–Crippen LogP) is -0.174. The van der Waals surface area contributed by atoms with Crippen LogP contribution in [0.25, 0.3) is 0 Å². The Labute approximate surface area is 53.7 Å². The molecule has 0 spiro atoms. The summed E-state index contributed by atoms with van der Waals surface area (Å²) in [7, 11) is 0. The van der Waals surface area contributed by atoms with Crippen LogP contribution in [0.5, 0.6) is 0 Å². The third kappa shape index (κ3) is 2.98. The summed E-state index contributed by atoms with van der Waals surface area (Å²) in [4.78, 5) is 20.1. The molecule has 0 aromatic heterocycles. The maximum Gasteiger partial charge on any atom is 0.237 e. The fraction of sp³-hybridized carbons (Fsp3) is 0.667. The molecule has 1 atom stereocenters. The third-order valence-corrected chi connectivity index (χ3v) is 0.913. The van der Waals surface area contributed by atoms with E-state index >= 15 is 0 Å². The lowest BCUT2D eigenvalue weighted by molar-refractivity contribution is -0.124. The van der Waals surface area contributed by atoms with Gasteiger partial charge in [0, 0.05) is 6.42 Å². The number of Topliss-reactive ketones (excluding diaryl/α,β-unsaturated/α-hetero) is 1. The average Bonchev–Trinajstić information content (AvgIpc) is 1.87. The van der Waals surface area contributed by atoms with Crippen molar-refractivity contribution < 1.29 is 14.7 Å². The third-order valence-electron chi connectivity index (χ3n) is 0.913. The molecule has 0 heterocycles. The number of carbonyl (C=O) groups excluding carboxylic acids is 2. The monoisotopic (exact) mass is 129 g/mol. The van der Waals surface area contributed by atoms with E-state index in [2.05, 4.69) is 0 Å². The number of carbonyl (C=O) groups is 1. The Morgan fingerprint density at radius 3 is 2.67 bits per heavy atom. The van der Waals surface area contributed by atoms with Crippen LogP contribution in [0.3, 0.4) is 0 Å². The van der Waals surface area contributed by atoms with Gasteiger partial charge in [0.15, 0.2) is 11.9 Å². The molecular formula is C6H9O3. The molecule has 9 heavy (non-hydrogen) atoms. The molecule has 0 rings (SSSR count). The molecule has 0 saturated heterocycles. The molecule has 1 radical (unpaired) electrons. The van der Waals surface area contributed by atoms with Crippen molar-refractivity contribution in [3.8, 4) is 0 Å². The topological polar surface area (TPSA) is 54.4 Å². The Morgan fingerprint density at radius 1 is 1.78 bits per heavy atom. The molecule has 0 aliphatic carbocycles. The van der Waals surface area contributed by atoms with Gasteiger partial charge in [0.1, 0.15) is 0 Å². The summed E-state index contributed by atoms with van der Waals surface area (Å²) in [5.41, 5.74) is 0. The highest BCUT2D eigenvalue weighted by atomic mass is 16.3. The second-order valence-corrected chi connectivity index (χ2v) is 1.74. The van der Waals surface area contributed by atoms with Gasteiger partial charge in [-0.05, 0) is 6.42 Å². The van der Waals surface area contributed by atoms with E-state index in [9.17, 15) is 9.59 Å². The number of ketones is 1. The first-order chi connectivity index (χ1) is 4.22. The van der Waals surface area contributed by atoms with Crippen LogP contribution in [0, 0.1) is 0 Å². The lowest BCUT2D eigenvalue weighted by atomic mass is 10.1. The maximum atomic E-state index is 10.5. The molecule has 0 aliphatic heterocycles. The Hall–Kier alpha value is -0.700. The Kier molecular flexibility index (Phi) is 3.88. The normalized spacial score (nSPS) is 12.7. The number of rotatable bonds is 4. The van der Waals surface area contributed by atoms with Gasteiger partial charge in [0.2, 0.25) is 6.29 Å². The van der Waals surface area contributed by atoms with E-state index in [0.717, 1.165) is 0 Å². The molecule has 51 valence electrons. The standard InChI is InChI=1S/C6H9O3/c1-2-3-5(8)6(9)4-7/h6,9H,2-3H2,1H3. The maximum absolute atomic E-state index is 10.5. The Bertz CT molecular complexity index is 109. The summed E-state index contributed by atoms with van der Waals surface area (Å²) in [6.07, 6.45) is 0.579. The van der Waals surface area contributed by atoms with Crippen LogP contribution in [-0.4, -0.2) is 23.3 Å². The van der Waals surface area contributed by atoms with E-state index in [1.807, 2.05) is 0 Å². The molecule has 0 aromatic carbocycles. The van der Waals surface area contributed by atoms with Crippen molar-refractivity contribution in [2.75, 3.05) is 0 Å². The van der Waals surface area contributed by atoms with Crippen LogP contribution in [0.2, 0.25) is 0 Å². The largest absolute Gasteiger partial charge is 0.377 e. The van der Waals surface area contributed by atoms with Crippen LogP contribution in [0.4, 0.5) is 0 Å². The SMILES string of the molecule is CCCC(=O)C(O)[C]=O. The lowest BCUT2D eigenvalue weighted by Gasteiger charge is -1.96. The van der Waals surface area contributed by atoms with Gasteiger partial charge in [-0.25, -0.2) is 0 Å². The van der Waals surface area contributed by atoms with Crippen LogP contribution < -0.4 is 0 Å². The molecule has 0 aromatic rings. The molecular weight excluding hydrogens is 120 g/mol. The molecule has 0 saturated carbocycles. The second kappa shape index (κ2) is 4.21. The molecule has 0 aliphatic rings. The minimum atomic E-state index is -1.52. The number of hydrogen-bond acceptors (Lipinski definition) is 3. The number of aliphatic hydroxyl groups is 1. The highest BCUT2D eigenvalue weighted by Crippen LogP contribution is 1.91. The van der Waals surface area contributed by atoms with Gasteiger partial charge < -0.3 is 5.11 Å². The zero-order valence-corrected chi connectivity index (χ0v) is 5.26. The average molecular weight is 129 g/mol. The molecule has 1 N–H and O–H groups in total. The van der Waals surface area contributed by atoms with Crippen molar-refractivity contribution >= 4 is 12.1 Å². The fourth-order valence-electron chi connectivity index (χ4n) is 0.449. The molecule has 0 bridgehead atoms. The van der Waals surface area contributed by atoms with Gasteiger partial charge in [0.25, 0.3) is 0 Å². The van der Waals surface area contributed by atoms with Gasteiger partial charge in [-0.2, -0.15) is 0 Å². The minimum Gasteiger partial charge on any atom is -0.377 e. The summed E-state index contributed by atoms with van der Waals surface area (Å²) in [5, 5.41) is 8.48. The van der Waals surface area contributed by atoms with Crippen molar-refractivity contribution in [2.45, 2.75) is 25.9 Å². The van der Waals surface area contributed by atoms with Gasteiger partial charge in [-0.1, -0.05) is 6.92 Å². The van der Waals surface area contributed by atoms with E-state index in [1.54, 1.807) is 6.92 Å². The van der Waals surface area contributed by atoms with Crippen LogP contribution in [0.15, 0.2) is 0 Å². The van der Waals surface area contributed by atoms with E-state index in [0.29, 0.717) is 6.42 Å². The van der Waals surface area contributed by atoms with E-state index in [1.165, 1.54) is 6.29 Å². The van der Waals surface area contributed by atoms with Crippen molar-refractivity contribution in [1.29, 1.82) is 0 Å². The first-order valence-electron chi connectivity index (χ1n) is 2.80. The van der Waals surface area contributed by atoms with Crippen LogP contribution in [-0.2, 0) is 9.59 Å². The summed E-state index contributed by atoms with van der Waals surface area (Å²) in [6, 6.07) is 0. The smallest absolute Gasteiger partial charge is 0.237 e. The highest BCUT2D eigenvalue weighted by molar-refractivity contribution is 5.95. The second-order valence-electron chi connectivity index (χ2n) is 1.74. The fourth-order valence-corrected chi connectivity index (χ4v) is 0.449. The van der Waals surface area contributed by atoms with Crippen molar-refractivity contribution in [3.05, 3.63) is 0 Å². The van der Waals surface area contributed by atoms with Gasteiger partial charge in [-0.15, -0.1) is 0 Å². The van der Waals surface area contributed by atoms with E-state index in [-0.39, 0.29) is 6.42 Å². The molecule has 0 amide bonds. The van der Waals surface area contributed by atoms with E-state index in [4.69, 9.17) is 5.11 Å². The Balaban J connectivity index is 3.58. The van der Waals surface area contributed by atoms with Crippen LogP contribution in [0.1, 0.15) is 19.8 Å². The zero-order chi connectivity index (χ0) is 7.28. The molecule has 1 unspecified atom stereocenters. The first-order valence-corrected chi connectivity index (χ1v) is 2.80. The van der Waals surface area contributed by atoms with Gasteiger partial charge in [0.05, 0.1) is 0 Å². The summed E-state index contributed by atoms with van der Waals surface area (Å²) in [5.74, 6) is -0.451. The summed E-state index contributed by atoms with van der Waals surface area (Å²) >= 11 is 0. The lowest BCUT2D eigenvalue weighted by Crippen LogP contribution is -2.20. The number of aliphatic hydroxyl groups excluding tert-OH is 1. The molecule has 3 heteroatoms. The summed E-state index contributed by atoms with van der Waals surface area (Å²) in [6.45, 7) is 1.80. The highest BCUT2D eigenvalue weighted by Gasteiger charge is 2.11. The Morgan fingerprint density at radius 2 is 2.33 bits per heavy atom. The zero-order valence-electron chi connectivity index (χ0n) is 5.26. The molecule has 3 nitrogen and oxygen atoms in total. The first kappa shape index (κ1) is 8.30. The van der Waals surface area contributed by atoms with Crippen LogP contribution >= 0.6 is 0 Å². The van der Waals surface area contributed by atoms with E-state index < -0.39 is 11.9 Å². The summed E-state index contributed by atoms with van der Waals surface area (Å²) < 4.78 is 0. The van der Waals surface area contributed by atoms with Crippen molar-refractivity contribution in [2.24, 2.45) is 0 Å².